The van der Waals surface area contributed by atoms with Gasteiger partial charge in [-0.05, 0) is 53.6 Å². The quantitative estimate of drug-likeness (QED) is 0.724. The van der Waals surface area contributed by atoms with Crippen LogP contribution in [0.1, 0.15) is 11.1 Å². The van der Waals surface area contributed by atoms with Crippen molar-refractivity contribution in [1.82, 2.24) is 20.2 Å². The number of tetrazole rings is 1. The number of carbonyl (C=O) groups is 1. The molecular weight excluding hydrogens is 322 g/mol. The summed E-state index contributed by atoms with van der Waals surface area (Å²) in [5.74, 6) is 0.150. The molecule has 1 N–H and O–H groups in total. The van der Waals surface area contributed by atoms with Crippen LogP contribution in [-0.2, 0) is 4.79 Å². The van der Waals surface area contributed by atoms with Crippen LogP contribution in [-0.4, -0.2) is 31.9 Å². The molecule has 122 valence electrons. The molecule has 3 rings (SSSR count). The van der Waals surface area contributed by atoms with Crippen molar-refractivity contribution < 1.29 is 4.79 Å². The van der Waals surface area contributed by atoms with Crippen molar-refractivity contribution in [2.24, 2.45) is 0 Å². The van der Waals surface area contributed by atoms with Gasteiger partial charge in [0.05, 0.1) is 11.4 Å². The normalized spacial score (nSPS) is 10.6. The number of hydrogen-bond donors (Lipinski definition) is 1. The standard InChI is InChI=1S/C17H17N5OS/c1-12-8-9-13(2)15(10-12)18-16(23)11-24-17-19-20-21-22(17)14-6-4-3-5-7-14/h3-10H,11H2,1-2H3,(H,18,23). The molecule has 0 aliphatic rings. The summed E-state index contributed by atoms with van der Waals surface area (Å²) in [4.78, 5) is 12.2. The largest absolute Gasteiger partial charge is 0.325 e. The summed E-state index contributed by atoms with van der Waals surface area (Å²) in [7, 11) is 0. The van der Waals surface area contributed by atoms with E-state index in [0.717, 1.165) is 22.5 Å². The lowest BCUT2D eigenvalue weighted by molar-refractivity contribution is -0.113. The molecule has 3 aromatic rings. The molecule has 1 amide bonds. The second-order valence-corrected chi connectivity index (χ2v) is 6.31. The predicted octanol–water partition coefficient (Wildman–Crippen LogP) is 3.01. The van der Waals surface area contributed by atoms with Crippen LogP contribution in [0.4, 0.5) is 5.69 Å². The van der Waals surface area contributed by atoms with Crippen molar-refractivity contribution in [2.45, 2.75) is 19.0 Å². The average molecular weight is 339 g/mol. The van der Waals surface area contributed by atoms with Crippen LogP contribution in [0.3, 0.4) is 0 Å². The SMILES string of the molecule is Cc1ccc(C)c(NC(=O)CSc2nnnn2-c2ccccc2)c1. The summed E-state index contributed by atoms with van der Waals surface area (Å²) in [6, 6.07) is 15.6. The zero-order valence-corrected chi connectivity index (χ0v) is 14.2. The molecule has 2 aromatic carbocycles. The Labute approximate surface area is 144 Å². The van der Waals surface area contributed by atoms with Gasteiger partial charge in [0.15, 0.2) is 0 Å². The minimum absolute atomic E-state index is 0.0867. The molecule has 0 spiro atoms. The van der Waals surface area contributed by atoms with Gasteiger partial charge >= 0.3 is 0 Å². The number of aromatic nitrogens is 4. The average Bonchev–Trinajstić information content (AvgIpc) is 3.06. The highest BCUT2D eigenvalue weighted by Crippen LogP contribution is 2.20. The van der Waals surface area contributed by atoms with Gasteiger partial charge in [-0.1, -0.05) is 42.1 Å². The zero-order valence-electron chi connectivity index (χ0n) is 13.4. The lowest BCUT2D eigenvalue weighted by atomic mass is 10.1. The molecule has 1 heterocycles. The number of carbonyl (C=O) groups excluding carboxylic acids is 1. The smallest absolute Gasteiger partial charge is 0.234 e. The number of hydrogen-bond acceptors (Lipinski definition) is 5. The minimum Gasteiger partial charge on any atom is -0.325 e. The molecule has 0 atom stereocenters. The third-order valence-corrected chi connectivity index (χ3v) is 4.36. The molecular formula is C17H17N5OS. The number of amides is 1. The molecule has 0 unspecified atom stereocenters. The van der Waals surface area contributed by atoms with Crippen LogP contribution in [0.2, 0.25) is 0 Å². The highest BCUT2D eigenvalue weighted by molar-refractivity contribution is 7.99. The summed E-state index contributed by atoms with van der Waals surface area (Å²) in [5.41, 5.74) is 3.84. The van der Waals surface area contributed by atoms with Gasteiger partial charge in [0, 0.05) is 5.69 Å². The van der Waals surface area contributed by atoms with E-state index in [1.54, 1.807) is 4.68 Å². The molecule has 24 heavy (non-hydrogen) atoms. The molecule has 1 aromatic heterocycles. The molecule has 0 saturated carbocycles. The first-order chi connectivity index (χ1) is 11.6. The predicted molar refractivity (Wildman–Crippen MR) is 94.4 cm³/mol. The number of anilines is 1. The van der Waals surface area contributed by atoms with Gasteiger partial charge < -0.3 is 5.32 Å². The minimum atomic E-state index is -0.0867. The van der Waals surface area contributed by atoms with E-state index >= 15 is 0 Å². The number of benzene rings is 2. The number of aryl methyl sites for hydroxylation is 2. The van der Waals surface area contributed by atoms with Crippen LogP contribution in [0.15, 0.2) is 53.7 Å². The van der Waals surface area contributed by atoms with Gasteiger partial charge in [-0.15, -0.1) is 5.10 Å². The summed E-state index contributed by atoms with van der Waals surface area (Å²) in [6.45, 7) is 3.97. The number of nitrogens with zero attached hydrogens (tertiary/aromatic N) is 4. The molecule has 7 heteroatoms. The highest BCUT2D eigenvalue weighted by Gasteiger charge is 2.12. The van der Waals surface area contributed by atoms with E-state index in [4.69, 9.17) is 0 Å². The third kappa shape index (κ3) is 3.80. The summed E-state index contributed by atoms with van der Waals surface area (Å²) in [5, 5.41) is 15.2. The van der Waals surface area contributed by atoms with Crippen molar-refractivity contribution in [3.63, 3.8) is 0 Å². The molecule has 0 bridgehead atoms. The van der Waals surface area contributed by atoms with Gasteiger partial charge in [0.1, 0.15) is 0 Å². The summed E-state index contributed by atoms with van der Waals surface area (Å²) < 4.78 is 1.62. The second kappa shape index (κ2) is 7.27. The molecule has 0 aliphatic heterocycles. The van der Waals surface area contributed by atoms with E-state index in [9.17, 15) is 4.79 Å². The van der Waals surface area contributed by atoms with Crippen molar-refractivity contribution in [3.8, 4) is 5.69 Å². The first-order valence-corrected chi connectivity index (χ1v) is 8.46. The van der Waals surface area contributed by atoms with Crippen LogP contribution in [0.5, 0.6) is 0 Å². The van der Waals surface area contributed by atoms with Gasteiger partial charge in [-0.2, -0.15) is 4.68 Å². The van der Waals surface area contributed by atoms with E-state index in [2.05, 4.69) is 20.8 Å². The molecule has 0 radical (unpaired) electrons. The van der Waals surface area contributed by atoms with E-state index in [1.165, 1.54) is 11.8 Å². The second-order valence-electron chi connectivity index (χ2n) is 5.36. The van der Waals surface area contributed by atoms with Gasteiger partial charge in [-0.3, -0.25) is 4.79 Å². The topological polar surface area (TPSA) is 72.7 Å². The van der Waals surface area contributed by atoms with Crippen LogP contribution in [0.25, 0.3) is 5.69 Å². The third-order valence-electron chi connectivity index (χ3n) is 3.44. The number of nitrogens with one attached hydrogen (secondary N) is 1. The molecule has 0 saturated heterocycles. The maximum Gasteiger partial charge on any atom is 0.234 e. The number of rotatable bonds is 5. The van der Waals surface area contributed by atoms with E-state index in [1.807, 2.05) is 62.4 Å². The summed E-state index contributed by atoms with van der Waals surface area (Å²) in [6.07, 6.45) is 0. The Kier molecular flexibility index (Phi) is 4.90. The van der Waals surface area contributed by atoms with Gasteiger partial charge in [0.2, 0.25) is 11.1 Å². The van der Waals surface area contributed by atoms with Crippen molar-refractivity contribution in [2.75, 3.05) is 11.1 Å². The lowest BCUT2D eigenvalue weighted by Gasteiger charge is -2.09. The van der Waals surface area contributed by atoms with Gasteiger partial charge in [-0.25, -0.2) is 0 Å². The lowest BCUT2D eigenvalue weighted by Crippen LogP contribution is -2.15. The Hall–Kier alpha value is -2.67. The number of thioether (sulfide) groups is 1. The summed E-state index contributed by atoms with van der Waals surface area (Å²) >= 11 is 1.30. The number of para-hydroxylation sites is 1. The fourth-order valence-corrected chi connectivity index (χ4v) is 2.88. The highest BCUT2D eigenvalue weighted by atomic mass is 32.2. The van der Waals surface area contributed by atoms with E-state index < -0.39 is 0 Å². The Morgan fingerprint density at radius 1 is 1.17 bits per heavy atom. The monoisotopic (exact) mass is 339 g/mol. The maximum atomic E-state index is 12.2. The first-order valence-electron chi connectivity index (χ1n) is 7.47. The van der Waals surface area contributed by atoms with E-state index in [-0.39, 0.29) is 11.7 Å². The molecule has 6 nitrogen and oxygen atoms in total. The van der Waals surface area contributed by atoms with Crippen molar-refractivity contribution in [3.05, 3.63) is 59.7 Å². The maximum absolute atomic E-state index is 12.2. The Morgan fingerprint density at radius 3 is 2.75 bits per heavy atom. The van der Waals surface area contributed by atoms with Crippen molar-refractivity contribution in [1.29, 1.82) is 0 Å². The fourth-order valence-electron chi connectivity index (χ4n) is 2.19. The van der Waals surface area contributed by atoms with Crippen molar-refractivity contribution >= 4 is 23.4 Å². The fraction of sp³-hybridized carbons (Fsp3) is 0.176. The van der Waals surface area contributed by atoms with E-state index in [0.29, 0.717) is 5.16 Å². The zero-order chi connectivity index (χ0) is 16.9. The van der Waals surface area contributed by atoms with Gasteiger partial charge in [0.25, 0.3) is 0 Å². The Balaban J connectivity index is 1.65. The molecule has 0 fully saturated rings. The first kappa shape index (κ1) is 16.2. The van der Waals surface area contributed by atoms with Crippen LogP contribution in [0, 0.1) is 13.8 Å². The molecule has 0 aliphatic carbocycles. The Bertz CT molecular complexity index is 847. The van der Waals surface area contributed by atoms with Crippen LogP contribution < -0.4 is 5.32 Å². The van der Waals surface area contributed by atoms with Crippen LogP contribution >= 0.6 is 11.8 Å². The Morgan fingerprint density at radius 2 is 1.96 bits per heavy atom.